The molecule has 1 fully saturated rings. The summed E-state index contributed by atoms with van der Waals surface area (Å²) in [5.41, 5.74) is 0. The summed E-state index contributed by atoms with van der Waals surface area (Å²) in [6.07, 6.45) is 1.71. The smallest absolute Gasteiger partial charge is 0.318 e. The van der Waals surface area contributed by atoms with Crippen LogP contribution in [-0.2, 0) is 0 Å². The second-order valence-electron chi connectivity index (χ2n) is 5.00. The van der Waals surface area contributed by atoms with E-state index in [4.69, 9.17) is 4.42 Å². The molecule has 1 aliphatic heterocycles. The van der Waals surface area contributed by atoms with Crippen LogP contribution in [0.15, 0.2) is 4.42 Å². The van der Waals surface area contributed by atoms with Crippen LogP contribution >= 0.6 is 0 Å². The molecule has 0 spiro atoms. The third-order valence-electron chi connectivity index (χ3n) is 3.73. The lowest BCUT2D eigenvalue weighted by atomic mass is 9.92. The van der Waals surface area contributed by atoms with Crippen LogP contribution in [0.4, 0.5) is 6.01 Å². The molecular formula is C12H22N4O2. The van der Waals surface area contributed by atoms with Crippen LogP contribution in [0.2, 0.25) is 0 Å². The Kier molecular flexibility index (Phi) is 4.19. The predicted molar refractivity (Wildman–Crippen MR) is 68.4 cm³/mol. The van der Waals surface area contributed by atoms with E-state index in [1.165, 1.54) is 0 Å². The fraction of sp³-hybridized carbons (Fsp3) is 0.833. The summed E-state index contributed by atoms with van der Waals surface area (Å²) in [5.74, 6) is 1.00. The Balaban J connectivity index is 1.95. The van der Waals surface area contributed by atoms with Crippen molar-refractivity contribution in [3.8, 4) is 0 Å². The number of hydrogen-bond donors (Lipinski definition) is 2. The highest BCUT2D eigenvalue weighted by Crippen LogP contribution is 2.25. The summed E-state index contributed by atoms with van der Waals surface area (Å²) in [4.78, 5) is 2.09. The molecule has 18 heavy (non-hydrogen) atoms. The van der Waals surface area contributed by atoms with Crippen molar-refractivity contribution in [3.63, 3.8) is 0 Å². The van der Waals surface area contributed by atoms with Crippen molar-refractivity contribution in [2.24, 2.45) is 5.92 Å². The van der Waals surface area contributed by atoms with Crippen molar-refractivity contribution >= 4 is 6.01 Å². The summed E-state index contributed by atoms with van der Waals surface area (Å²) >= 11 is 0. The first-order valence-electron chi connectivity index (χ1n) is 6.55. The quantitative estimate of drug-likeness (QED) is 0.833. The van der Waals surface area contributed by atoms with Gasteiger partial charge < -0.3 is 19.7 Å². The van der Waals surface area contributed by atoms with Crippen LogP contribution in [0.25, 0.3) is 0 Å². The minimum atomic E-state index is -0.227. The summed E-state index contributed by atoms with van der Waals surface area (Å²) in [6, 6.07) is 0.664. The highest BCUT2D eigenvalue weighted by atomic mass is 16.4. The molecule has 0 bridgehead atoms. The number of aliphatic hydroxyl groups is 1. The maximum Gasteiger partial charge on any atom is 0.318 e. The zero-order chi connectivity index (χ0) is 13.1. The number of anilines is 1. The second-order valence-corrected chi connectivity index (χ2v) is 5.00. The molecule has 0 amide bonds. The van der Waals surface area contributed by atoms with Gasteiger partial charge in [0.2, 0.25) is 5.89 Å². The van der Waals surface area contributed by atoms with Gasteiger partial charge in [-0.15, -0.1) is 5.10 Å². The van der Waals surface area contributed by atoms with Crippen molar-refractivity contribution in [2.45, 2.75) is 38.8 Å². The van der Waals surface area contributed by atoms with Crippen LogP contribution in [0.1, 0.15) is 38.6 Å². The third kappa shape index (κ3) is 2.81. The molecule has 1 saturated heterocycles. The van der Waals surface area contributed by atoms with E-state index in [1.807, 2.05) is 20.9 Å². The van der Waals surface area contributed by atoms with Gasteiger partial charge in [0, 0.05) is 13.1 Å². The van der Waals surface area contributed by atoms with Gasteiger partial charge in [0.25, 0.3) is 0 Å². The van der Waals surface area contributed by atoms with Crippen LogP contribution in [-0.4, -0.2) is 41.5 Å². The molecule has 1 aliphatic rings. The van der Waals surface area contributed by atoms with Gasteiger partial charge in [0.05, 0.1) is 12.1 Å². The Morgan fingerprint density at radius 1 is 1.33 bits per heavy atom. The van der Waals surface area contributed by atoms with Gasteiger partial charge in [-0.05, 0) is 39.7 Å². The molecule has 0 aromatic carbocycles. The zero-order valence-electron chi connectivity index (χ0n) is 11.3. The van der Waals surface area contributed by atoms with Crippen molar-refractivity contribution in [2.75, 3.05) is 25.0 Å². The topological polar surface area (TPSA) is 74.4 Å². The van der Waals surface area contributed by atoms with Crippen molar-refractivity contribution < 1.29 is 9.52 Å². The summed E-state index contributed by atoms with van der Waals surface area (Å²) in [5, 5.41) is 20.8. The Bertz CT molecular complexity index is 372. The average molecular weight is 254 g/mol. The van der Waals surface area contributed by atoms with Gasteiger partial charge in [-0.25, -0.2) is 0 Å². The first kappa shape index (κ1) is 13.3. The van der Waals surface area contributed by atoms with Gasteiger partial charge in [-0.3, -0.25) is 0 Å². The largest absolute Gasteiger partial charge is 0.406 e. The van der Waals surface area contributed by atoms with E-state index in [-0.39, 0.29) is 12.1 Å². The average Bonchev–Trinajstić information content (AvgIpc) is 2.87. The fourth-order valence-corrected chi connectivity index (χ4v) is 2.23. The molecule has 0 aliphatic carbocycles. The number of aliphatic hydroxyl groups excluding tert-OH is 1. The standard InChI is InChI=1S/C12H22N4O2/c1-8(13-3)11-14-15-12(18-11)16-6-4-10(5-7-16)9(2)17/h8-10,13,17H,4-7H2,1-3H3. The van der Waals surface area contributed by atoms with E-state index in [0.29, 0.717) is 17.8 Å². The van der Waals surface area contributed by atoms with E-state index < -0.39 is 0 Å². The summed E-state index contributed by atoms with van der Waals surface area (Å²) in [6.45, 7) is 5.58. The number of piperidine rings is 1. The van der Waals surface area contributed by atoms with E-state index in [2.05, 4.69) is 20.4 Å². The third-order valence-corrected chi connectivity index (χ3v) is 3.73. The molecule has 102 valence electrons. The molecule has 0 radical (unpaired) electrons. The molecule has 2 atom stereocenters. The number of aromatic nitrogens is 2. The van der Waals surface area contributed by atoms with Crippen LogP contribution < -0.4 is 10.2 Å². The van der Waals surface area contributed by atoms with Crippen LogP contribution in [0.3, 0.4) is 0 Å². The molecule has 1 aromatic rings. The molecule has 2 N–H and O–H groups in total. The van der Waals surface area contributed by atoms with Crippen LogP contribution in [0.5, 0.6) is 0 Å². The first-order valence-corrected chi connectivity index (χ1v) is 6.55. The minimum Gasteiger partial charge on any atom is -0.406 e. The predicted octanol–water partition coefficient (Wildman–Crippen LogP) is 0.947. The van der Waals surface area contributed by atoms with E-state index in [9.17, 15) is 5.11 Å². The van der Waals surface area contributed by atoms with Crippen LogP contribution in [0, 0.1) is 5.92 Å². The molecule has 6 heteroatoms. The lowest BCUT2D eigenvalue weighted by molar-refractivity contribution is 0.109. The Labute approximate surface area is 107 Å². The summed E-state index contributed by atoms with van der Waals surface area (Å²) in [7, 11) is 1.86. The Morgan fingerprint density at radius 2 is 2.00 bits per heavy atom. The fourth-order valence-electron chi connectivity index (χ4n) is 2.23. The normalized spacial score (nSPS) is 21.0. The van der Waals surface area contributed by atoms with Crippen molar-refractivity contribution in [1.29, 1.82) is 0 Å². The monoisotopic (exact) mass is 254 g/mol. The van der Waals surface area contributed by atoms with Crippen molar-refractivity contribution in [1.82, 2.24) is 15.5 Å². The van der Waals surface area contributed by atoms with Gasteiger partial charge in [-0.1, -0.05) is 5.10 Å². The lowest BCUT2D eigenvalue weighted by Gasteiger charge is -2.31. The Hall–Kier alpha value is -1.14. The zero-order valence-corrected chi connectivity index (χ0v) is 11.3. The molecule has 1 aromatic heterocycles. The highest BCUT2D eigenvalue weighted by Gasteiger charge is 2.25. The number of nitrogens with zero attached hydrogens (tertiary/aromatic N) is 3. The van der Waals surface area contributed by atoms with Gasteiger partial charge in [-0.2, -0.15) is 0 Å². The molecule has 0 saturated carbocycles. The highest BCUT2D eigenvalue weighted by molar-refractivity contribution is 5.25. The SMILES string of the molecule is CNC(C)c1nnc(N2CCC(C(C)O)CC2)o1. The number of rotatable bonds is 4. The molecule has 2 rings (SSSR count). The maximum absolute atomic E-state index is 9.56. The van der Waals surface area contributed by atoms with E-state index >= 15 is 0 Å². The van der Waals surface area contributed by atoms with Gasteiger partial charge in [0.1, 0.15) is 0 Å². The molecular weight excluding hydrogens is 232 g/mol. The number of nitrogens with one attached hydrogen (secondary N) is 1. The first-order chi connectivity index (χ1) is 8.61. The second kappa shape index (κ2) is 5.67. The lowest BCUT2D eigenvalue weighted by Crippen LogP contribution is -2.37. The molecule has 2 unspecified atom stereocenters. The Morgan fingerprint density at radius 3 is 2.56 bits per heavy atom. The number of hydrogen-bond acceptors (Lipinski definition) is 6. The molecule has 6 nitrogen and oxygen atoms in total. The maximum atomic E-state index is 9.56. The van der Waals surface area contributed by atoms with Crippen molar-refractivity contribution in [3.05, 3.63) is 5.89 Å². The summed E-state index contributed by atoms with van der Waals surface area (Å²) < 4.78 is 5.65. The molecule has 2 heterocycles. The van der Waals surface area contributed by atoms with E-state index in [0.717, 1.165) is 25.9 Å². The van der Waals surface area contributed by atoms with Gasteiger partial charge >= 0.3 is 6.01 Å². The van der Waals surface area contributed by atoms with Gasteiger partial charge in [0.15, 0.2) is 0 Å². The van der Waals surface area contributed by atoms with E-state index in [1.54, 1.807) is 0 Å². The minimum absolute atomic E-state index is 0.0706.